The molecule has 4 aromatic rings. The van der Waals surface area contributed by atoms with Crippen LogP contribution >= 0.6 is 0 Å². The van der Waals surface area contributed by atoms with Crippen LogP contribution in [0.15, 0.2) is 67.3 Å². The van der Waals surface area contributed by atoms with Gasteiger partial charge < -0.3 is 15.2 Å². The summed E-state index contributed by atoms with van der Waals surface area (Å²) in [5.41, 5.74) is 5.89. The number of benzene rings is 2. The maximum atomic E-state index is 12.1. The number of amides is 1. The molecule has 3 heterocycles. The Kier molecular flexibility index (Phi) is 4.68. The first-order valence-corrected chi connectivity index (χ1v) is 11.3. The minimum Gasteiger partial charge on any atom is -0.351 e. The van der Waals surface area contributed by atoms with Crippen LogP contribution < -0.4 is 10.6 Å². The van der Waals surface area contributed by atoms with Crippen LogP contribution in [0.4, 0.5) is 11.5 Å². The zero-order valence-corrected chi connectivity index (χ0v) is 18.3. The first-order valence-electron chi connectivity index (χ1n) is 11.3. The lowest BCUT2D eigenvalue weighted by atomic mass is 9.91. The Labute approximate surface area is 191 Å². The van der Waals surface area contributed by atoms with E-state index in [1.165, 1.54) is 18.5 Å². The Hall–Kier alpha value is -4.00. The quantitative estimate of drug-likeness (QED) is 0.470. The number of nitrogens with one attached hydrogen (secondary N) is 2. The van der Waals surface area contributed by atoms with E-state index < -0.39 is 0 Å². The summed E-state index contributed by atoms with van der Waals surface area (Å²) < 4.78 is 2.06. The van der Waals surface area contributed by atoms with Gasteiger partial charge in [-0.25, -0.2) is 15.0 Å². The summed E-state index contributed by atoms with van der Waals surface area (Å²) in [6, 6.07) is 15.9. The lowest BCUT2D eigenvalue weighted by Crippen LogP contribution is -2.33. The molecule has 1 fully saturated rings. The molecule has 1 atom stereocenters. The van der Waals surface area contributed by atoms with Gasteiger partial charge in [0.15, 0.2) is 5.82 Å². The number of nitrogens with zero attached hydrogens (tertiary/aromatic N) is 4. The van der Waals surface area contributed by atoms with Gasteiger partial charge in [-0.3, -0.25) is 4.79 Å². The zero-order valence-electron chi connectivity index (χ0n) is 18.3. The van der Waals surface area contributed by atoms with Gasteiger partial charge in [-0.2, -0.15) is 0 Å². The fourth-order valence-corrected chi connectivity index (χ4v) is 4.27. The van der Waals surface area contributed by atoms with Crippen molar-refractivity contribution in [1.29, 1.82) is 0 Å². The van der Waals surface area contributed by atoms with E-state index in [0.29, 0.717) is 24.1 Å². The number of rotatable bonds is 5. The Balaban J connectivity index is 1.22. The number of carbonyl (C=O) groups excluding carboxylic acids is 1. The van der Waals surface area contributed by atoms with E-state index in [1.807, 2.05) is 42.7 Å². The fraction of sp³-hybridized carbons (Fsp3) is 0.231. The molecule has 1 aliphatic carbocycles. The second-order valence-corrected chi connectivity index (χ2v) is 8.83. The predicted octanol–water partition coefficient (Wildman–Crippen LogP) is 4.80. The number of hydrogen-bond acceptors (Lipinski definition) is 5. The van der Waals surface area contributed by atoms with Gasteiger partial charge in [0.25, 0.3) is 5.91 Å². The molecule has 164 valence electrons. The van der Waals surface area contributed by atoms with Gasteiger partial charge in [-0.05, 0) is 72.9 Å². The molecule has 2 N–H and O–H groups in total. The smallest absolute Gasteiger partial charge is 0.251 e. The molecule has 1 amide bonds. The highest BCUT2D eigenvalue weighted by molar-refractivity contribution is 5.97. The largest absolute Gasteiger partial charge is 0.351 e. The first kappa shape index (κ1) is 19.7. The number of fused-ring (bicyclic) bond motifs is 1. The van der Waals surface area contributed by atoms with E-state index in [2.05, 4.69) is 50.4 Å². The van der Waals surface area contributed by atoms with Crippen molar-refractivity contribution in [3.8, 4) is 17.1 Å². The second kappa shape index (κ2) is 7.85. The number of aromatic nitrogens is 4. The van der Waals surface area contributed by atoms with Crippen molar-refractivity contribution in [2.24, 2.45) is 0 Å². The molecule has 1 unspecified atom stereocenters. The molecular weight excluding hydrogens is 412 g/mol. The molecular formula is C26H24N6O. The van der Waals surface area contributed by atoms with E-state index in [1.54, 1.807) is 6.20 Å². The van der Waals surface area contributed by atoms with Gasteiger partial charge >= 0.3 is 0 Å². The third kappa shape index (κ3) is 3.86. The van der Waals surface area contributed by atoms with Crippen molar-refractivity contribution in [2.45, 2.75) is 31.6 Å². The Bertz CT molecular complexity index is 1340. The SMILES string of the molecule is CC1CNC(=O)c2ccc(Nc3ccnc(-c4ccc(-n5cnc(C6CC6)c5)cc4)n3)cc21. The molecule has 2 aromatic carbocycles. The summed E-state index contributed by atoms with van der Waals surface area (Å²) in [6.45, 7) is 2.77. The molecule has 0 radical (unpaired) electrons. The average molecular weight is 437 g/mol. The standard InChI is InChI=1S/C26H24N6O/c1-16-13-28-26(33)21-9-6-19(12-22(16)21)30-24-10-11-27-25(31-24)18-4-7-20(8-5-18)32-14-23(29-15-32)17-2-3-17/h4-12,14-17H,2-3,13H2,1H3,(H,28,33)(H,27,30,31). The predicted molar refractivity (Wildman–Crippen MR) is 127 cm³/mol. The fourth-order valence-electron chi connectivity index (χ4n) is 4.27. The molecule has 0 spiro atoms. The molecule has 2 aliphatic rings. The maximum absolute atomic E-state index is 12.1. The number of carbonyl (C=O) groups is 1. The third-order valence-corrected chi connectivity index (χ3v) is 6.35. The van der Waals surface area contributed by atoms with Crippen molar-refractivity contribution in [3.05, 3.63) is 84.1 Å². The summed E-state index contributed by atoms with van der Waals surface area (Å²) in [4.78, 5) is 25.8. The number of hydrogen-bond donors (Lipinski definition) is 2. The average Bonchev–Trinajstić information content (AvgIpc) is 3.58. The molecule has 1 aliphatic heterocycles. The van der Waals surface area contributed by atoms with Crippen molar-refractivity contribution in [3.63, 3.8) is 0 Å². The van der Waals surface area contributed by atoms with E-state index in [4.69, 9.17) is 4.98 Å². The Morgan fingerprint density at radius 2 is 1.91 bits per heavy atom. The summed E-state index contributed by atoms with van der Waals surface area (Å²) in [5, 5.41) is 6.28. The van der Waals surface area contributed by atoms with E-state index >= 15 is 0 Å². The summed E-state index contributed by atoms with van der Waals surface area (Å²) in [7, 11) is 0. The van der Waals surface area contributed by atoms with Crippen LogP contribution in [0.5, 0.6) is 0 Å². The van der Waals surface area contributed by atoms with Crippen LogP contribution in [0.3, 0.4) is 0 Å². The van der Waals surface area contributed by atoms with Gasteiger partial charge in [-0.1, -0.05) is 6.92 Å². The minimum atomic E-state index is -0.0122. The van der Waals surface area contributed by atoms with Crippen LogP contribution in [0.2, 0.25) is 0 Å². The van der Waals surface area contributed by atoms with Gasteiger partial charge in [0.1, 0.15) is 5.82 Å². The third-order valence-electron chi connectivity index (χ3n) is 6.35. The molecule has 2 aromatic heterocycles. The van der Waals surface area contributed by atoms with Crippen LogP contribution in [0.25, 0.3) is 17.1 Å². The van der Waals surface area contributed by atoms with Gasteiger partial charge in [0.2, 0.25) is 0 Å². The highest BCUT2D eigenvalue weighted by Gasteiger charge is 2.26. The Morgan fingerprint density at radius 3 is 2.73 bits per heavy atom. The molecule has 7 heteroatoms. The van der Waals surface area contributed by atoms with Gasteiger partial charge in [-0.15, -0.1) is 0 Å². The summed E-state index contributed by atoms with van der Waals surface area (Å²) >= 11 is 0. The number of imidazole rings is 1. The van der Waals surface area contributed by atoms with E-state index in [0.717, 1.165) is 28.1 Å². The highest BCUT2D eigenvalue weighted by Crippen LogP contribution is 2.39. The van der Waals surface area contributed by atoms with Crippen molar-refractivity contribution < 1.29 is 4.79 Å². The molecule has 6 rings (SSSR count). The van der Waals surface area contributed by atoms with Crippen molar-refractivity contribution >= 4 is 17.4 Å². The van der Waals surface area contributed by atoms with Crippen LogP contribution in [0, 0.1) is 0 Å². The molecule has 0 saturated heterocycles. The van der Waals surface area contributed by atoms with Gasteiger partial charge in [0, 0.05) is 47.4 Å². The number of anilines is 2. The normalized spacial score (nSPS) is 17.4. The molecule has 1 saturated carbocycles. The molecule has 7 nitrogen and oxygen atoms in total. The van der Waals surface area contributed by atoms with E-state index in [9.17, 15) is 4.79 Å². The monoisotopic (exact) mass is 436 g/mol. The highest BCUT2D eigenvalue weighted by atomic mass is 16.1. The summed E-state index contributed by atoms with van der Waals surface area (Å²) in [6.07, 6.45) is 8.25. The zero-order chi connectivity index (χ0) is 22.4. The molecule has 0 bridgehead atoms. The van der Waals surface area contributed by atoms with Crippen LogP contribution in [0.1, 0.15) is 53.2 Å². The maximum Gasteiger partial charge on any atom is 0.251 e. The van der Waals surface area contributed by atoms with E-state index in [-0.39, 0.29) is 11.8 Å². The Morgan fingerprint density at radius 1 is 1.06 bits per heavy atom. The van der Waals surface area contributed by atoms with Gasteiger partial charge in [0.05, 0.1) is 12.0 Å². The summed E-state index contributed by atoms with van der Waals surface area (Å²) in [5.74, 6) is 2.27. The first-order chi connectivity index (χ1) is 16.1. The minimum absolute atomic E-state index is 0.0122. The lowest BCUT2D eigenvalue weighted by Gasteiger charge is -2.23. The van der Waals surface area contributed by atoms with Crippen LogP contribution in [-0.2, 0) is 0 Å². The second-order valence-electron chi connectivity index (χ2n) is 8.83. The van der Waals surface area contributed by atoms with Crippen molar-refractivity contribution in [2.75, 3.05) is 11.9 Å². The van der Waals surface area contributed by atoms with Crippen LogP contribution in [-0.4, -0.2) is 32.0 Å². The lowest BCUT2D eigenvalue weighted by molar-refractivity contribution is 0.0941. The van der Waals surface area contributed by atoms with Crippen molar-refractivity contribution in [1.82, 2.24) is 24.8 Å². The topological polar surface area (TPSA) is 84.7 Å². The molecule has 33 heavy (non-hydrogen) atoms.